The molecule has 0 radical (unpaired) electrons. The fraction of sp³-hybridized carbons (Fsp3) is 0.923. The second-order valence-electron chi connectivity index (χ2n) is 8.31. The van der Waals surface area contributed by atoms with Gasteiger partial charge in [0.15, 0.2) is 0 Å². The molecule has 0 aromatic carbocycles. The van der Waals surface area contributed by atoms with Crippen LogP contribution in [0, 0.1) is 0 Å². The van der Waals surface area contributed by atoms with Crippen LogP contribution in [0.3, 0.4) is 0 Å². The van der Waals surface area contributed by atoms with Gasteiger partial charge in [-0.25, -0.2) is 0 Å². The van der Waals surface area contributed by atoms with Crippen LogP contribution in [0.5, 0.6) is 0 Å². The summed E-state index contributed by atoms with van der Waals surface area (Å²) in [4.78, 5) is 23.2. The van der Waals surface area contributed by atoms with Crippen LogP contribution in [-0.2, 0) is 33.3 Å². The Kier molecular flexibility index (Phi) is 26.1. The van der Waals surface area contributed by atoms with Crippen molar-refractivity contribution in [3.05, 3.63) is 0 Å². The van der Waals surface area contributed by atoms with E-state index in [1.54, 1.807) is 0 Å². The van der Waals surface area contributed by atoms with Gasteiger partial charge in [0.2, 0.25) is 0 Å². The summed E-state index contributed by atoms with van der Waals surface area (Å²) < 4.78 is 26.5. The van der Waals surface area contributed by atoms with E-state index in [0.717, 1.165) is 25.7 Å². The SMILES string of the molecule is CCCCCCCCCC(=O)OCCOCCOCCOCCOC(=O)CCCCCCC. The first-order valence-electron chi connectivity index (χ1n) is 13.2. The third-order valence-corrected chi connectivity index (χ3v) is 5.19. The van der Waals surface area contributed by atoms with Crippen molar-refractivity contribution in [2.45, 2.75) is 104 Å². The highest BCUT2D eigenvalue weighted by Gasteiger charge is 2.03. The number of hydrogen-bond acceptors (Lipinski definition) is 7. The quantitative estimate of drug-likeness (QED) is 0.119. The van der Waals surface area contributed by atoms with Gasteiger partial charge in [-0.15, -0.1) is 0 Å². The summed E-state index contributed by atoms with van der Waals surface area (Å²) in [7, 11) is 0. The molecule has 7 heteroatoms. The van der Waals surface area contributed by atoms with Crippen LogP contribution in [0.4, 0.5) is 0 Å². The Labute approximate surface area is 202 Å². The minimum absolute atomic E-state index is 0.141. The molecular weight excluding hydrogens is 424 g/mol. The molecule has 0 aliphatic heterocycles. The predicted octanol–water partition coefficient (Wildman–Crippen LogP) is 5.62. The third kappa shape index (κ3) is 26.9. The van der Waals surface area contributed by atoms with E-state index in [2.05, 4.69) is 13.8 Å². The van der Waals surface area contributed by atoms with Crippen LogP contribution in [0.15, 0.2) is 0 Å². The van der Waals surface area contributed by atoms with Gasteiger partial charge in [-0.2, -0.15) is 0 Å². The summed E-state index contributed by atoms with van der Waals surface area (Å²) in [5, 5.41) is 0. The molecule has 33 heavy (non-hydrogen) atoms. The molecule has 0 saturated carbocycles. The number of esters is 2. The highest BCUT2D eigenvalue weighted by atomic mass is 16.6. The predicted molar refractivity (Wildman–Crippen MR) is 130 cm³/mol. The summed E-state index contributed by atoms with van der Waals surface area (Å²) in [6, 6.07) is 0. The van der Waals surface area contributed by atoms with Gasteiger partial charge in [0.1, 0.15) is 13.2 Å². The maximum atomic E-state index is 11.6. The summed E-state index contributed by atoms with van der Waals surface area (Å²) in [5.74, 6) is -0.287. The molecule has 0 aromatic rings. The lowest BCUT2D eigenvalue weighted by atomic mass is 10.1. The van der Waals surface area contributed by atoms with Crippen molar-refractivity contribution in [3.63, 3.8) is 0 Å². The zero-order chi connectivity index (χ0) is 24.2. The van der Waals surface area contributed by atoms with Gasteiger partial charge in [-0.1, -0.05) is 78.1 Å². The molecule has 196 valence electrons. The molecule has 0 amide bonds. The molecule has 0 heterocycles. The van der Waals surface area contributed by atoms with Crippen LogP contribution in [0.2, 0.25) is 0 Å². The Morgan fingerprint density at radius 3 is 1.09 bits per heavy atom. The normalized spacial score (nSPS) is 11.0. The molecule has 0 aliphatic carbocycles. The molecule has 0 bridgehead atoms. The smallest absolute Gasteiger partial charge is 0.305 e. The van der Waals surface area contributed by atoms with Crippen molar-refractivity contribution >= 4 is 11.9 Å². The summed E-state index contributed by atoms with van der Waals surface area (Å²) in [6.45, 7) is 7.54. The van der Waals surface area contributed by atoms with Crippen LogP contribution < -0.4 is 0 Å². The van der Waals surface area contributed by atoms with Crippen LogP contribution in [-0.4, -0.2) is 64.8 Å². The molecule has 0 N–H and O–H groups in total. The monoisotopic (exact) mass is 474 g/mol. The van der Waals surface area contributed by atoms with E-state index in [1.165, 1.54) is 51.4 Å². The standard InChI is InChI=1S/C26H50O7/c1-3-5-7-9-10-12-14-16-26(28)33-24-22-31-20-18-29-17-19-30-21-23-32-25(27)15-13-11-8-6-4-2/h3-24H2,1-2H3. The first-order valence-corrected chi connectivity index (χ1v) is 13.2. The average molecular weight is 475 g/mol. The number of hydrogen-bond donors (Lipinski definition) is 0. The maximum absolute atomic E-state index is 11.6. The van der Waals surface area contributed by atoms with E-state index in [4.69, 9.17) is 23.7 Å². The zero-order valence-corrected chi connectivity index (χ0v) is 21.4. The second kappa shape index (κ2) is 27.1. The minimum Gasteiger partial charge on any atom is -0.463 e. The molecule has 0 rings (SSSR count). The highest BCUT2D eigenvalue weighted by Crippen LogP contribution is 2.09. The summed E-state index contributed by atoms with van der Waals surface area (Å²) in [6.07, 6.45) is 14.9. The van der Waals surface area contributed by atoms with Gasteiger partial charge in [0, 0.05) is 12.8 Å². The maximum Gasteiger partial charge on any atom is 0.305 e. The number of rotatable bonds is 26. The molecular formula is C26H50O7. The Morgan fingerprint density at radius 1 is 0.424 bits per heavy atom. The van der Waals surface area contributed by atoms with Crippen molar-refractivity contribution in [1.82, 2.24) is 0 Å². The van der Waals surface area contributed by atoms with Gasteiger partial charge < -0.3 is 23.7 Å². The van der Waals surface area contributed by atoms with Crippen molar-refractivity contribution in [2.24, 2.45) is 0 Å². The number of ether oxygens (including phenoxy) is 5. The van der Waals surface area contributed by atoms with Crippen molar-refractivity contribution in [1.29, 1.82) is 0 Å². The number of carbonyl (C=O) groups excluding carboxylic acids is 2. The Morgan fingerprint density at radius 2 is 0.727 bits per heavy atom. The highest BCUT2D eigenvalue weighted by molar-refractivity contribution is 5.69. The molecule has 0 aliphatic rings. The molecule has 7 nitrogen and oxygen atoms in total. The number of unbranched alkanes of at least 4 members (excludes halogenated alkanes) is 10. The molecule has 0 unspecified atom stereocenters. The third-order valence-electron chi connectivity index (χ3n) is 5.19. The van der Waals surface area contributed by atoms with Crippen LogP contribution in [0.1, 0.15) is 104 Å². The van der Waals surface area contributed by atoms with Gasteiger partial charge in [0.25, 0.3) is 0 Å². The summed E-state index contributed by atoms with van der Waals surface area (Å²) >= 11 is 0. The number of carbonyl (C=O) groups is 2. The van der Waals surface area contributed by atoms with Crippen molar-refractivity contribution < 1.29 is 33.3 Å². The van der Waals surface area contributed by atoms with Crippen molar-refractivity contribution in [3.8, 4) is 0 Å². The average Bonchev–Trinajstić information content (AvgIpc) is 2.81. The first-order chi connectivity index (χ1) is 16.2. The lowest BCUT2D eigenvalue weighted by Gasteiger charge is -2.08. The van der Waals surface area contributed by atoms with Crippen LogP contribution >= 0.6 is 0 Å². The second-order valence-corrected chi connectivity index (χ2v) is 8.31. The van der Waals surface area contributed by atoms with Crippen molar-refractivity contribution in [2.75, 3.05) is 52.9 Å². The Hall–Kier alpha value is -1.18. The minimum atomic E-state index is -0.146. The lowest BCUT2D eigenvalue weighted by molar-refractivity contribution is -0.146. The topological polar surface area (TPSA) is 80.3 Å². The first kappa shape index (κ1) is 31.8. The van der Waals surface area contributed by atoms with E-state index < -0.39 is 0 Å². The van der Waals surface area contributed by atoms with E-state index in [9.17, 15) is 9.59 Å². The molecule has 0 saturated heterocycles. The molecule has 0 aromatic heterocycles. The van der Waals surface area contributed by atoms with Gasteiger partial charge in [0.05, 0.1) is 39.6 Å². The Balaban J connectivity index is 3.20. The fourth-order valence-electron chi connectivity index (χ4n) is 3.21. The van der Waals surface area contributed by atoms with E-state index in [0.29, 0.717) is 52.5 Å². The summed E-state index contributed by atoms with van der Waals surface area (Å²) in [5.41, 5.74) is 0. The van der Waals surface area contributed by atoms with Crippen LogP contribution in [0.25, 0.3) is 0 Å². The van der Waals surface area contributed by atoms with E-state index >= 15 is 0 Å². The largest absolute Gasteiger partial charge is 0.463 e. The van der Waals surface area contributed by atoms with E-state index in [-0.39, 0.29) is 25.2 Å². The molecule has 0 fully saturated rings. The van der Waals surface area contributed by atoms with Gasteiger partial charge in [-0.3, -0.25) is 9.59 Å². The van der Waals surface area contributed by atoms with Gasteiger partial charge >= 0.3 is 11.9 Å². The lowest BCUT2D eigenvalue weighted by Crippen LogP contribution is -2.15. The van der Waals surface area contributed by atoms with E-state index in [1.807, 2.05) is 0 Å². The zero-order valence-electron chi connectivity index (χ0n) is 21.4. The van der Waals surface area contributed by atoms with Gasteiger partial charge in [-0.05, 0) is 12.8 Å². The molecule has 0 spiro atoms. The fourth-order valence-corrected chi connectivity index (χ4v) is 3.21. The molecule has 0 atom stereocenters. The Bertz CT molecular complexity index is 429.